The van der Waals surface area contributed by atoms with Crippen molar-refractivity contribution in [2.24, 2.45) is 5.41 Å². The minimum atomic E-state index is -0.309. The van der Waals surface area contributed by atoms with Gasteiger partial charge in [-0.05, 0) is 19.9 Å². The van der Waals surface area contributed by atoms with E-state index in [4.69, 9.17) is 0 Å². The molecule has 0 aromatic rings. The molecule has 2 fully saturated rings. The van der Waals surface area contributed by atoms with Crippen molar-refractivity contribution in [2.45, 2.75) is 13.3 Å². The molecule has 6 nitrogen and oxygen atoms in total. The van der Waals surface area contributed by atoms with Crippen LogP contribution in [0.4, 0.5) is 4.79 Å². The number of piperazine rings is 1. The fraction of sp³-hybridized carbons (Fsp3) is 0.833. The standard InChI is InChI=1S/C12H21N3O3/c1-12(3-4-13-9-12)10(16)14-5-7-15(8-6-14)11(17)18-2/h13H,3-9H2,1-2H3. The summed E-state index contributed by atoms with van der Waals surface area (Å²) in [7, 11) is 1.38. The molecular formula is C12H21N3O3. The molecule has 1 atom stereocenters. The van der Waals surface area contributed by atoms with Crippen LogP contribution in [0.5, 0.6) is 0 Å². The highest BCUT2D eigenvalue weighted by molar-refractivity contribution is 5.83. The summed E-state index contributed by atoms with van der Waals surface area (Å²) in [6.07, 6.45) is 0.583. The van der Waals surface area contributed by atoms with Gasteiger partial charge in [0.1, 0.15) is 0 Å². The van der Waals surface area contributed by atoms with Crippen molar-refractivity contribution < 1.29 is 14.3 Å². The van der Waals surface area contributed by atoms with Crippen LogP contribution in [0.1, 0.15) is 13.3 Å². The number of rotatable bonds is 1. The molecule has 0 saturated carbocycles. The van der Waals surface area contributed by atoms with Crippen molar-refractivity contribution in [1.82, 2.24) is 15.1 Å². The Bertz CT molecular complexity index is 331. The highest BCUT2D eigenvalue weighted by Crippen LogP contribution is 2.27. The Morgan fingerprint density at radius 1 is 1.17 bits per heavy atom. The van der Waals surface area contributed by atoms with Crippen molar-refractivity contribution in [1.29, 1.82) is 0 Å². The van der Waals surface area contributed by atoms with Crippen LogP contribution in [0.3, 0.4) is 0 Å². The molecule has 0 aromatic carbocycles. The number of carbonyl (C=O) groups is 2. The summed E-state index contributed by atoms with van der Waals surface area (Å²) < 4.78 is 4.68. The highest BCUT2D eigenvalue weighted by atomic mass is 16.5. The molecule has 2 aliphatic heterocycles. The van der Waals surface area contributed by atoms with Gasteiger partial charge >= 0.3 is 6.09 Å². The van der Waals surface area contributed by atoms with Crippen LogP contribution in [0, 0.1) is 5.41 Å². The Morgan fingerprint density at radius 3 is 2.28 bits per heavy atom. The lowest BCUT2D eigenvalue weighted by molar-refractivity contribution is -0.141. The van der Waals surface area contributed by atoms with E-state index in [9.17, 15) is 9.59 Å². The SMILES string of the molecule is COC(=O)N1CCN(C(=O)C2(C)CCNC2)CC1. The number of ether oxygens (including phenoxy) is 1. The van der Waals surface area contributed by atoms with E-state index in [1.54, 1.807) is 4.90 Å². The summed E-state index contributed by atoms with van der Waals surface area (Å²) in [5.74, 6) is 0.206. The van der Waals surface area contributed by atoms with E-state index >= 15 is 0 Å². The van der Waals surface area contributed by atoms with Gasteiger partial charge in [0.05, 0.1) is 12.5 Å². The molecule has 2 amide bonds. The van der Waals surface area contributed by atoms with E-state index in [0.29, 0.717) is 26.2 Å². The molecule has 0 aromatic heterocycles. The van der Waals surface area contributed by atoms with Gasteiger partial charge in [-0.2, -0.15) is 0 Å². The van der Waals surface area contributed by atoms with Crippen molar-refractivity contribution >= 4 is 12.0 Å². The quantitative estimate of drug-likeness (QED) is 0.710. The fourth-order valence-corrected chi connectivity index (χ4v) is 2.60. The fourth-order valence-electron chi connectivity index (χ4n) is 2.60. The molecule has 2 rings (SSSR count). The first-order chi connectivity index (χ1) is 8.57. The van der Waals surface area contributed by atoms with Gasteiger partial charge < -0.3 is 19.9 Å². The van der Waals surface area contributed by atoms with Gasteiger partial charge in [-0.3, -0.25) is 4.79 Å². The number of nitrogens with zero attached hydrogens (tertiary/aromatic N) is 2. The average Bonchev–Trinajstić information content (AvgIpc) is 2.85. The Morgan fingerprint density at radius 2 is 1.78 bits per heavy atom. The predicted molar refractivity (Wildman–Crippen MR) is 66.2 cm³/mol. The second-order valence-electron chi connectivity index (χ2n) is 5.24. The molecule has 2 aliphatic rings. The topological polar surface area (TPSA) is 61.9 Å². The maximum atomic E-state index is 12.4. The molecule has 0 spiro atoms. The van der Waals surface area contributed by atoms with Gasteiger partial charge in [0.2, 0.25) is 5.91 Å². The van der Waals surface area contributed by atoms with E-state index < -0.39 is 0 Å². The lowest BCUT2D eigenvalue weighted by atomic mass is 9.88. The predicted octanol–water partition coefficient (Wildman–Crippen LogP) is -0.103. The zero-order chi connectivity index (χ0) is 13.2. The van der Waals surface area contributed by atoms with Crippen LogP contribution >= 0.6 is 0 Å². The first-order valence-corrected chi connectivity index (χ1v) is 6.40. The van der Waals surface area contributed by atoms with Crippen LogP contribution in [-0.4, -0.2) is 68.2 Å². The minimum absolute atomic E-state index is 0.206. The van der Waals surface area contributed by atoms with Gasteiger partial charge in [0.15, 0.2) is 0 Å². The zero-order valence-corrected chi connectivity index (χ0v) is 11.1. The number of carbonyl (C=O) groups excluding carboxylic acids is 2. The number of methoxy groups -OCH3 is 1. The molecule has 18 heavy (non-hydrogen) atoms. The third kappa shape index (κ3) is 2.43. The first-order valence-electron chi connectivity index (χ1n) is 6.40. The lowest BCUT2D eigenvalue weighted by Crippen LogP contribution is -2.54. The number of hydrogen-bond acceptors (Lipinski definition) is 4. The third-order valence-electron chi connectivity index (χ3n) is 3.88. The van der Waals surface area contributed by atoms with Gasteiger partial charge in [-0.15, -0.1) is 0 Å². The molecule has 2 heterocycles. The van der Waals surface area contributed by atoms with E-state index in [2.05, 4.69) is 10.1 Å². The Balaban J connectivity index is 1.89. The summed E-state index contributed by atoms with van der Waals surface area (Å²) >= 11 is 0. The van der Waals surface area contributed by atoms with Gasteiger partial charge in [-0.25, -0.2) is 4.79 Å². The second-order valence-corrected chi connectivity index (χ2v) is 5.24. The summed E-state index contributed by atoms with van der Waals surface area (Å²) in [6.45, 7) is 5.99. The van der Waals surface area contributed by atoms with Gasteiger partial charge in [-0.1, -0.05) is 0 Å². The van der Waals surface area contributed by atoms with E-state index in [1.165, 1.54) is 7.11 Å². The molecular weight excluding hydrogens is 234 g/mol. The molecule has 1 unspecified atom stereocenters. The largest absolute Gasteiger partial charge is 0.453 e. The van der Waals surface area contributed by atoms with Crippen molar-refractivity contribution in [3.8, 4) is 0 Å². The smallest absolute Gasteiger partial charge is 0.409 e. The first kappa shape index (κ1) is 13.1. The van der Waals surface area contributed by atoms with Crippen LogP contribution in [0.25, 0.3) is 0 Å². The van der Waals surface area contributed by atoms with Gasteiger partial charge in [0.25, 0.3) is 0 Å². The van der Waals surface area contributed by atoms with E-state index in [1.807, 2.05) is 11.8 Å². The number of hydrogen-bond donors (Lipinski definition) is 1. The van der Waals surface area contributed by atoms with E-state index in [0.717, 1.165) is 19.5 Å². The second kappa shape index (κ2) is 5.14. The number of amides is 2. The Labute approximate surface area is 107 Å². The van der Waals surface area contributed by atoms with Crippen LogP contribution in [-0.2, 0) is 9.53 Å². The molecule has 0 aliphatic carbocycles. The summed E-state index contributed by atoms with van der Waals surface area (Å²) in [5, 5.41) is 3.24. The molecule has 6 heteroatoms. The molecule has 0 bridgehead atoms. The maximum Gasteiger partial charge on any atom is 0.409 e. The lowest BCUT2D eigenvalue weighted by Gasteiger charge is -2.37. The average molecular weight is 255 g/mol. The normalized spacial score (nSPS) is 28.3. The van der Waals surface area contributed by atoms with Crippen LogP contribution in [0.15, 0.2) is 0 Å². The maximum absolute atomic E-state index is 12.4. The number of nitrogens with one attached hydrogen (secondary N) is 1. The molecule has 0 radical (unpaired) electrons. The van der Waals surface area contributed by atoms with Crippen LogP contribution in [0.2, 0.25) is 0 Å². The molecule has 102 valence electrons. The van der Waals surface area contributed by atoms with Crippen LogP contribution < -0.4 is 5.32 Å². The minimum Gasteiger partial charge on any atom is -0.453 e. The van der Waals surface area contributed by atoms with Crippen molar-refractivity contribution in [3.05, 3.63) is 0 Å². The van der Waals surface area contributed by atoms with E-state index in [-0.39, 0.29) is 17.4 Å². The zero-order valence-electron chi connectivity index (χ0n) is 11.1. The summed E-state index contributed by atoms with van der Waals surface area (Å²) in [6, 6.07) is 0. The highest BCUT2D eigenvalue weighted by Gasteiger charge is 2.40. The Hall–Kier alpha value is -1.30. The Kier molecular flexibility index (Phi) is 3.75. The third-order valence-corrected chi connectivity index (χ3v) is 3.88. The molecule has 1 N–H and O–H groups in total. The van der Waals surface area contributed by atoms with Crippen molar-refractivity contribution in [3.63, 3.8) is 0 Å². The van der Waals surface area contributed by atoms with Gasteiger partial charge in [0, 0.05) is 32.7 Å². The summed E-state index contributed by atoms with van der Waals surface area (Å²) in [4.78, 5) is 27.3. The molecule has 2 saturated heterocycles. The van der Waals surface area contributed by atoms with Crippen molar-refractivity contribution in [2.75, 3.05) is 46.4 Å². The summed E-state index contributed by atoms with van der Waals surface area (Å²) in [5.41, 5.74) is -0.270. The monoisotopic (exact) mass is 255 g/mol.